The van der Waals surface area contributed by atoms with Crippen LogP contribution in [0.15, 0.2) is 66.7 Å². The van der Waals surface area contributed by atoms with Crippen molar-refractivity contribution in [3.05, 3.63) is 83.7 Å². The van der Waals surface area contributed by atoms with E-state index >= 15 is 0 Å². The highest BCUT2D eigenvalue weighted by molar-refractivity contribution is 5.95. The minimum absolute atomic E-state index is 0.0605. The van der Waals surface area contributed by atoms with Crippen LogP contribution in [-0.4, -0.2) is 23.9 Å². The maximum absolute atomic E-state index is 12.2. The van der Waals surface area contributed by atoms with Crippen molar-refractivity contribution in [3.8, 4) is 16.9 Å². The van der Waals surface area contributed by atoms with E-state index in [1.165, 1.54) is 12.1 Å². The second-order valence-electron chi connectivity index (χ2n) is 5.88. The molecule has 6 heteroatoms. The van der Waals surface area contributed by atoms with Crippen LogP contribution in [0.1, 0.15) is 26.5 Å². The largest absolute Gasteiger partial charge is 0.497 e. The number of amides is 2. The summed E-state index contributed by atoms with van der Waals surface area (Å²) in [6.45, 7) is 0.347. The molecular weight excluding hydrogens is 342 g/mol. The van der Waals surface area contributed by atoms with E-state index < -0.39 is 5.91 Å². The van der Waals surface area contributed by atoms with Gasteiger partial charge in [0.05, 0.1) is 7.11 Å². The topological polar surface area (TPSA) is 94.3 Å². The second-order valence-corrected chi connectivity index (χ2v) is 5.88. The predicted molar refractivity (Wildman–Crippen MR) is 102 cm³/mol. The van der Waals surface area contributed by atoms with Crippen LogP contribution in [0.5, 0.6) is 5.75 Å². The molecule has 0 saturated carbocycles. The minimum atomic E-state index is -0.669. The number of rotatable bonds is 6. The molecule has 2 aromatic carbocycles. The number of pyridine rings is 1. The summed E-state index contributed by atoms with van der Waals surface area (Å²) in [5.74, 6) is -0.234. The Morgan fingerprint density at radius 2 is 1.67 bits per heavy atom. The number of benzene rings is 2. The summed E-state index contributed by atoms with van der Waals surface area (Å²) in [7, 11) is 1.64. The molecule has 27 heavy (non-hydrogen) atoms. The van der Waals surface area contributed by atoms with Gasteiger partial charge in [-0.3, -0.25) is 9.59 Å². The Labute approximate surface area is 157 Å². The lowest BCUT2D eigenvalue weighted by Gasteiger charge is -2.08. The monoisotopic (exact) mass is 361 g/mol. The van der Waals surface area contributed by atoms with E-state index in [0.717, 1.165) is 22.4 Å². The third-order valence-electron chi connectivity index (χ3n) is 4.04. The Bertz CT molecular complexity index is 968. The number of primary amides is 1. The van der Waals surface area contributed by atoms with Gasteiger partial charge in [0, 0.05) is 6.54 Å². The van der Waals surface area contributed by atoms with Crippen LogP contribution in [0, 0.1) is 0 Å². The average Bonchev–Trinajstić information content (AvgIpc) is 2.72. The first-order chi connectivity index (χ1) is 13.1. The molecule has 136 valence electrons. The van der Waals surface area contributed by atoms with Crippen molar-refractivity contribution in [2.75, 3.05) is 7.11 Å². The van der Waals surface area contributed by atoms with Gasteiger partial charge in [-0.1, -0.05) is 42.5 Å². The highest BCUT2D eigenvalue weighted by atomic mass is 16.5. The first-order valence-electron chi connectivity index (χ1n) is 8.35. The van der Waals surface area contributed by atoms with Gasteiger partial charge < -0.3 is 15.8 Å². The van der Waals surface area contributed by atoms with E-state index in [1.54, 1.807) is 13.2 Å². The van der Waals surface area contributed by atoms with Crippen molar-refractivity contribution < 1.29 is 14.3 Å². The van der Waals surface area contributed by atoms with E-state index in [2.05, 4.69) is 10.3 Å². The Kier molecular flexibility index (Phi) is 5.47. The smallest absolute Gasteiger partial charge is 0.270 e. The van der Waals surface area contributed by atoms with Crippen LogP contribution in [0.2, 0.25) is 0 Å². The molecule has 0 aliphatic rings. The zero-order valence-electron chi connectivity index (χ0n) is 14.8. The maximum atomic E-state index is 12.2. The number of carbonyl (C=O) groups excluding carboxylic acids is 2. The van der Waals surface area contributed by atoms with Gasteiger partial charge >= 0.3 is 0 Å². The summed E-state index contributed by atoms with van der Waals surface area (Å²) < 4.78 is 5.25. The summed E-state index contributed by atoms with van der Waals surface area (Å²) in [6, 6.07) is 20.3. The normalized spacial score (nSPS) is 10.3. The van der Waals surface area contributed by atoms with Crippen LogP contribution in [0.4, 0.5) is 0 Å². The standard InChI is InChI=1S/C21H19N3O3/c1-27-17-5-2-4-16(12-17)15-10-8-14(9-11-15)13-23-21(26)19-7-3-6-18(24-19)20(22)25/h2-12H,13H2,1H3,(H2,22,25)(H,23,26). The molecule has 0 radical (unpaired) electrons. The number of nitrogens with two attached hydrogens (primary N) is 1. The fraction of sp³-hybridized carbons (Fsp3) is 0.0952. The molecule has 1 aromatic heterocycles. The quantitative estimate of drug-likeness (QED) is 0.706. The molecule has 0 fully saturated rings. The lowest BCUT2D eigenvalue weighted by Crippen LogP contribution is -2.25. The van der Waals surface area contributed by atoms with Crippen molar-refractivity contribution >= 4 is 11.8 Å². The summed E-state index contributed by atoms with van der Waals surface area (Å²) in [5.41, 5.74) is 8.45. The zero-order chi connectivity index (χ0) is 19.2. The Hall–Kier alpha value is -3.67. The van der Waals surface area contributed by atoms with Crippen molar-refractivity contribution in [1.29, 1.82) is 0 Å². The lowest BCUT2D eigenvalue weighted by atomic mass is 10.0. The second kappa shape index (κ2) is 8.14. The summed E-state index contributed by atoms with van der Waals surface area (Å²) >= 11 is 0. The average molecular weight is 361 g/mol. The molecule has 0 bridgehead atoms. The third-order valence-corrected chi connectivity index (χ3v) is 4.04. The molecule has 3 rings (SSSR count). The first-order valence-corrected chi connectivity index (χ1v) is 8.35. The van der Waals surface area contributed by atoms with Gasteiger partial charge in [0.15, 0.2) is 0 Å². The van der Waals surface area contributed by atoms with Gasteiger partial charge in [-0.05, 0) is 41.0 Å². The number of hydrogen-bond acceptors (Lipinski definition) is 4. The van der Waals surface area contributed by atoms with E-state index in [1.807, 2.05) is 48.5 Å². The molecule has 3 aromatic rings. The third kappa shape index (κ3) is 4.49. The molecule has 1 heterocycles. The minimum Gasteiger partial charge on any atom is -0.497 e. The number of hydrogen-bond donors (Lipinski definition) is 2. The van der Waals surface area contributed by atoms with E-state index in [9.17, 15) is 9.59 Å². The van der Waals surface area contributed by atoms with Crippen molar-refractivity contribution in [2.45, 2.75) is 6.54 Å². The van der Waals surface area contributed by atoms with Crippen LogP contribution in [-0.2, 0) is 6.54 Å². The number of aromatic nitrogens is 1. The van der Waals surface area contributed by atoms with Gasteiger partial charge in [-0.15, -0.1) is 0 Å². The number of ether oxygens (including phenoxy) is 1. The van der Waals surface area contributed by atoms with E-state index in [4.69, 9.17) is 10.5 Å². The van der Waals surface area contributed by atoms with E-state index in [-0.39, 0.29) is 17.3 Å². The van der Waals surface area contributed by atoms with Crippen LogP contribution in [0.25, 0.3) is 11.1 Å². The fourth-order valence-electron chi connectivity index (χ4n) is 2.59. The molecular formula is C21H19N3O3. The number of nitrogens with one attached hydrogen (secondary N) is 1. The molecule has 3 N–H and O–H groups in total. The molecule has 0 aliphatic carbocycles. The van der Waals surface area contributed by atoms with Crippen molar-refractivity contribution in [1.82, 2.24) is 10.3 Å². The zero-order valence-corrected chi connectivity index (χ0v) is 14.8. The molecule has 2 amide bonds. The van der Waals surface area contributed by atoms with Gasteiger partial charge in [-0.25, -0.2) is 4.98 Å². The first kappa shape index (κ1) is 18.1. The van der Waals surface area contributed by atoms with Crippen molar-refractivity contribution in [3.63, 3.8) is 0 Å². The number of carbonyl (C=O) groups is 2. The van der Waals surface area contributed by atoms with Gasteiger partial charge in [0.25, 0.3) is 11.8 Å². The summed E-state index contributed by atoms with van der Waals surface area (Å²) in [6.07, 6.45) is 0. The highest BCUT2D eigenvalue weighted by Crippen LogP contribution is 2.24. The molecule has 0 saturated heterocycles. The fourth-order valence-corrected chi connectivity index (χ4v) is 2.59. The lowest BCUT2D eigenvalue weighted by molar-refractivity contribution is 0.0945. The highest BCUT2D eigenvalue weighted by Gasteiger charge is 2.10. The number of nitrogens with zero attached hydrogens (tertiary/aromatic N) is 1. The van der Waals surface area contributed by atoms with Crippen LogP contribution < -0.4 is 15.8 Å². The van der Waals surface area contributed by atoms with Crippen molar-refractivity contribution in [2.24, 2.45) is 5.73 Å². The van der Waals surface area contributed by atoms with Crippen LogP contribution >= 0.6 is 0 Å². The Balaban J connectivity index is 1.65. The molecule has 0 aliphatic heterocycles. The van der Waals surface area contributed by atoms with Gasteiger partial charge in [-0.2, -0.15) is 0 Å². The SMILES string of the molecule is COc1cccc(-c2ccc(CNC(=O)c3cccc(C(N)=O)n3)cc2)c1. The van der Waals surface area contributed by atoms with E-state index in [0.29, 0.717) is 6.54 Å². The molecule has 0 spiro atoms. The van der Waals surface area contributed by atoms with Gasteiger partial charge in [0.2, 0.25) is 0 Å². The summed E-state index contributed by atoms with van der Waals surface area (Å²) in [5, 5.41) is 2.79. The Morgan fingerprint density at radius 3 is 2.37 bits per heavy atom. The van der Waals surface area contributed by atoms with Gasteiger partial charge in [0.1, 0.15) is 17.1 Å². The number of methoxy groups -OCH3 is 1. The van der Waals surface area contributed by atoms with Crippen LogP contribution in [0.3, 0.4) is 0 Å². The predicted octanol–water partition coefficient (Wildman–Crippen LogP) is 2.79. The Morgan fingerprint density at radius 1 is 0.963 bits per heavy atom. The maximum Gasteiger partial charge on any atom is 0.270 e. The molecule has 6 nitrogen and oxygen atoms in total. The summed E-state index contributed by atoms with van der Waals surface area (Å²) in [4.78, 5) is 27.3. The molecule has 0 unspecified atom stereocenters. The molecule has 0 atom stereocenters.